The summed E-state index contributed by atoms with van der Waals surface area (Å²) in [5, 5.41) is 3.68. The van der Waals surface area contributed by atoms with Crippen molar-refractivity contribution in [2.75, 3.05) is 19.6 Å². The molecule has 0 saturated carbocycles. The van der Waals surface area contributed by atoms with Gasteiger partial charge in [-0.1, -0.05) is 13.8 Å². The Labute approximate surface area is 88.1 Å². The van der Waals surface area contributed by atoms with E-state index in [4.69, 9.17) is 0 Å². The maximum absolute atomic E-state index is 3.68. The average molecular weight is 196 g/mol. The van der Waals surface area contributed by atoms with Gasteiger partial charge in [-0.15, -0.1) is 0 Å². The van der Waals surface area contributed by atoms with Crippen molar-refractivity contribution in [1.29, 1.82) is 0 Å². The van der Waals surface area contributed by atoms with Gasteiger partial charge in [-0.2, -0.15) is 0 Å². The minimum atomic E-state index is 0.454. The van der Waals surface area contributed by atoms with Crippen LogP contribution in [0.25, 0.3) is 0 Å². The molecule has 0 bridgehead atoms. The van der Waals surface area contributed by atoms with E-state index in [1.807, 2.05) is 0 Å². The molecule has 0 aromatic heterocycles. The summed E-state index contributed by atoms with van der Waals surface area (Å²) in [6.45, 7) is 10.8. The molecule has 2 fully saturated rings. The number of rotatable bonds is 3. The molecule has 0 aromatic carbocycles. The number of nitrogens with zero attached hydrogens (tertiary/aromatic N) is 1. The highest BCUT2D eigenvalue weighted by atomic mass is 15.3. The maximum Gasteiger partial charge on any atom is 0.0438 e. The van der Waals surface area contributed by atoms with Crippen LogP contribution in [0.1, 0.15) is 46.5 Å². The highest BCUT2D eigenvalue weighted by Crippen LogP contribution is 2.37. The third kappa shape index (κ3) is 1.49. The third-order valence-corrected chi connectivity index (χ3v) is 4.61. The van der Waals surface area contributed by atoms with Gasteiger partial charge in [-0.05, 0) is 39.2 Å². The lowest BCUT2D eigenvalue weighted by Crippen LogP contribution is -2.71. The number of likely N-dealkylation sites (tertiary alicyclic amines) is 1. The lowest BCUT2D eigenvalue weighted by molar-refractivity contribution is -0.0368. The summed E-state index contributed by atoms with van der Waals surface area (Å²) in [7, 11) is 0. The van der Waals surface area contributed by atoms with Gasteiger partial charge in [-0.3, -0.25) is 4.90 Å². The number of hydrogen-bond donors (Lipinski definition) is 1. The molecule has 2 heterocycles. The summed E-state index contributed by atoms with van der Waals surface area (Å²) < 4.78 is 0. The van der Waals surface area contributed by atoms with E-state index in [-0.39, 0.29) is 0 Å². The van der Waals surface area contributed by atoms with Crippen LogP contribution in [-0.2, 0) is 0 Å². The van der Waals surface area contributed by atoms with Crippen molar-refractivity contribution < 1.29 is 0 Å². The zero-order valence-corrected chi connectivity index (χ0v) is 9.90. The van der Waals surface area contributed by atoms with Gasteiger partial charge in [0.15, 0.2) is 0 Å². The SMILES string of the molecule is CCC(C)(CC)N1CC2(CCCN2)C1. The number of nitrogens with one attached hydrogen (secondary N) is 1. The fraction of sp³-hybridized carbons (Fsp3) is 1.00. The van der Waals surface area contributed by atoms with Crippen molar-refractivity contribution >= 4 is 0 Å². The van der Waals surface area contributed by atoms with Crippen LogP contribution in [0, 0.1) is 0 Å². The van der Waals surface area contributed by atoms with Gasteiger partial charge in [0.05, 0.1) is 0 Å². The van der Waals surface area contributed by atoms with E-state index < -0.39 is 0 Å². The van der Waals surface area contributed by atoms with E-state index in [1.165, 1.54) is 45.3 Å². The molecule has 0 atom stereocenters. The topological polar surface area (TPSA) is 15.3 Å². The Bertz CT molecular complexity index is 194. The first-order valence-corrected chi connectivity index (χ1v) is 6.14. The second-order valence-electron chi connectivity index (χ2n) is 5.37. The van der Waals surface area contributed by atoms with E-state index in [2.05, 4.69) is 31.0 Å². The van der Waals surface area contributed by atoms with Crippen LogP contribution in [0.4, 0.5) is 0 Å². The molecule has 82 valence electrons. The second kappa shape index (κ2) is 3.49. The van der Waals surface area contributed by atoms with Crippen molar-refractivity contribution in [2.24, 2.45) is 0 Å². The van der Waals surface area contributed by atoms with Crippen LogP contribution in [0.2, 0.25) is 0 Å². The molecule has 1 N–H and O–H groups in total. The monoisotopic (exact) mass is 196 g/mol. The molecule has 2 heteroatoms. The van der Waals surface area contributed by atoms with Crippen molar-refractivity contribution in [3.05, 3.63) is 0 Å². The predicted octanol–water partition coefficient (Wildman–Crippen LogP) is 2.00. The van der Waals surface area contributed by atoms with E-state index in [0.29, 0.717) is 11.1 Å². The van der Waals surface area contributed by atoms with Gasteiger partial charge in [0, 0.05) is 24.2 Å². The van der Waals surface area contributed by atoms with Gasteiger partial charge >= 0.3 is 0 Å². The standard InChI is InChI=1S/C12H24N2/c1-4-11(3,5-2)14-9-12(10-14)7-6-8-13-12/h13H,4-10H2,1-3H3. The van der Waals surface area contributed by atoms with Crippen molar-refractivity contribution in [1.82, 2.24) is 10.2 Å². The summed E-state index contributed by atoms with van der Waals surface area (Å²) in [4.78, 5) is 2.67. The van der Waals surface area contributed by atoms with E-state index >= 15 is 0 Å². The Morgan fingerprint density at radius 1 is 1.29 bits per heavy atom. The maximum atomic E-state index is 3.68. The molecule has 1 spiro atoms. The molecule has 14 heavy (non-hydrogen) atoms. The molecule has 2 aliphatic heterocycles. The Balaban J connectivity index is 1.92. The van der Waals surface area contributed by atoms with Gasteiger partial charge < -0.3 is 5.32 Å². The summed E-state index contributed by atoms with van der Waals surface area (Å²) in [5.41, 5.74) is 0.973. The van der Waals surface area contributed by atoms with Gasteiger partial charge in [0.25, 0.3) is 0 Å². The van der Waals surface area contributed by atoms with Crippen LogP contribution in [0.5, 0.6) is 0 Å². The van der Waals surface area contributed by atoms with Crippen LogP contribution >= 0.6 is 0 Å². The molecular weight excluding hydrogens is 172 g/mol. The van der Waals surface area contributed by atoms with Gasteiger partial charge in [0.1, 0.15) is 0 Å². The largest absolute Gasteiger partial charge is 0.309 e. The molecule has 0 aromatic rings. The summed E-state index contributed by atoms with van der Waals surface area (Å²) in [6, 6.07) is 0. The molecule has 2 aliphatic rings. The summed E-state index contributed by atoms with van der Waals surface area (Å²) >= 11 is 0. The molecule has 0 unspecified atom stereocenters. The Morgan fingerprint density at radius 3 is 2.36 bits per heavy atom. The lowest BCUT2D eigenvalue weighted by atomic mass is 9.81. The molecule has 2 saturated heterocycles. The molecular formula is C12H24N2. The first-order chi connectivity index (χ1) is 6.64. The molecule has 0 radical (unpaired) electrons. The molecule has 2 rings (SSSR count). The predicted molar refractivity (Wildman–Crippen MR) is 60.5 cm³/mol. The van der Waals surface area contributed by atoms with Crippen LogP contribution in [-0.4, -0.2) is 35.6 Å². The Hall–Kier alpha value is -0.0800. The zero-order chi connectivity index (χ0) is 10.2. The van der Waals surface area contributed by atoms with Gasteiger partial charge in [-0.25, -0.2) is 0 Å². The Morgan fingerprint density at radius 2 is 1.93 bits per heavy atom. The first-order valence-electron chi connectivity index (χ1n) is 6.14. The zero-order valence-electron chi connectivity index (χ0n) is 9.90. The lowest BCUT2D eigenvalue weighted by Gasteiger charge is -2.56. The van der Waals surface area contributed by atoms with Crippen LogP contribution in [0.15, 0.2) is 0 Å². The van der Waals surface area contributed by atoms with E-state index in [1.54, 1.807) is 0 Å². The molecule has 0 aliphatic carbocycles. The van der Waals surface area contributed by atoms with Crippen molar-refractivity contribution in [3.63, 3.8) is 0 Å². The van der Waals surface area contributed by atoms with Gasteiger partial charge in [0.2, 0.25) is 0 Å². The minimum absolute atomic E-state index is 0.454. The van der Waals surface area contributed by atoms with E-state index in [9.17, 15) is 0 Å². The molecule has 0 amide bonds. The quantitative estimate of drug-likeness (QED) is 0.743. The molecule has 2 nitrogen and oxygen atoms in total. The fourth-order valence-electron chi connectivity index (χ4n) is 2.90. The highest BCUT2D eigenvalue weighted by Gasteiger charge is 2.49. The van der Waals surface area contributed by atoms with E-state index in [0.717, 1.165) is 0 Å². The van der Waals surface area contributed by atoms with Crippen LogP contribution in [0.3, 0.4) is 0 Å². The minimum Gasteiger partial charge on any atom is -0.309 e. The normalized spacial score (nSPS) is 26.8. The van der Waals surface area contributed by atoms with Crippen molar-refractivity contribution in [2.45, 2.75) is 57.5 Å². The third-order valence-electron chi connectivity index (χ3n) is 4.61. The summed E-state index contributed by atoms with van der Waals surface area (Å²) in [5.74, 6) is 0. The van der Waals surface area contributed by atoms with Crippen molar-refractivity contribution in [3.8, 4) is 0 Å². The highest BCUT2D eigenvalue weighted by molar-refractivity contribution is 5.09. The van der Waals surface area contributed by atoms with Crippen LogP contribution < -0.4 is 5.32 Å². The fourth-order valence-corrected chi connectivity index (χ4v) is 2.90. The Kier molecular flexibility index (Phi) is 2.61. The number of hydrogen-bond acceptors (Lipinski definition) is 2. The smallest absolute Gasteiger partial charge is 0.0438 e. The summed E-state index contributed by atoms with van der Waals surface area (Å²) in [6.07, 6.45) is 5.33. The second-order valence-corrected chi connectivity index (χ2v) is 5.37. The average Bonchev–Trinajstić information content (AvgIpc) is 2.63. The first kappa shape index (κ1) is 10.4.